The normalized spacial score (nSPS) is 11.2. The molecule has 576 valence electrons. The van der Waals surface area contributed by atoms with Crippen molar-refractivity contribution < 1.29 is 0 Å². The Balaban J connectivity index is 0.0000000952. The first-order valence-electron chi connectivity index (χ1n) is 40.8. The summed E-state index contributed by atoms with van der Waals surface area (Å²) in [6.45, 7) is 13.1. The number of fused-ring (bicyclic) bond motifs is 18. The molecule has 0 fully saturated rings. The highest BCUT2D eigenvalue weighted by Crippen LogP contribution is 2.46. The molecule has 24 aromatic rings. The van der Waals surface area contributed by atoms with E-state index in [0.717, 1.165) is 0 Å². The van der Waals surface area contributed by atoms with Gasteiger partial charge in [0.05, 0.1) is 0 Å². The summed E-state index contributed by atoms with van der Waals surface area (Å²) in [4.78, 5) is 0. The van der Waals surface area contributed by atoms with E-state index in [-0.39, 0.29) is 0 Å². The molecule has 6 aromatic heterocycles. The average Bonchev–Trinajstić information content (AvgIpc) is 1.60. The maximum absolute atomic E-state index is 2.33. The van der Waals surface area contributed by atoms with E-state index in [0.29, 0.717) is 0 Å². The van der Waals surface area contributed by atoms with Crippen molar-refractivity contribution in [1.82, 2.24) is 0 Å². The van der Waals surface area contributed by atoms with E-state index in [1.807, 2.05) is 68.0 Å². The molecule has 0 saturated carbocycles. The number of rotatable bonds is 6. The molecule has 18 aromatic carbocycles. The minimum atomic E-state index is 1.28. The Labute approximate surface area is 724 Å². The van der Waals surface area contributed by atoms with E-state index in [9.17, 15) is 0 Å². The molecule has 0 nitrogen and oxygen atoms in total. The lowest BCUT2D eigenvalue weighted by Crippen LogP contribution is -1.83. The molecule has 0 N–H and O–H groups in total. The Bertz CT molecular complexity index is 7850. The van der Waals surface area contributed by atoms with Gasteiger partial charge in [-0.2, -0.15) is 0 Å². The quantitative estimate of drug-likeness (QED) is 0.156. The smallest absolute Gasteiger partial charge is 0.0433 e. The predicted octanol–water partition coefficient (Wildman–Crippen LogP) is 36.2. The van der Waals surface area contributed by atoms with Crippen LogP contribution in [0.25, 0.3) is 188 Å². The molecule has 0 atom stereocenters. The molecule has 6 heterocycles. The maximum Gasteiger partial charge on any atom is 0.0433 e. The topological polar surface area (TPSA) is 0 Å². The standard InChI is InChI=1S/6C19H14S/c1-13-7-2-3-8-14(13)16-10-6-11-17-15-9-4-5-12-18(15)20-19(16)17;1-13-7-2-3-8-14(13)15-10-6-12-18-19(15)16-9-4-5-11-17(16)20-18;1-13-6-2-3-7-15(13)14-10-11-19-17(12-14)16-8-4-5-9-18(16)20-19;1-13-6-2-3-7-15(13)14-10-11-17-16-8-4-5-9-18(16)20-19(17)12-14;1-13-7-5-12-17-18(13)16-11-6-10-15(19(16)20-17)14-8-3-2-4-9-14;1-13-6-5-9-17-19(13)16-11-10-15(12-18(16)20-17)14-7-3-2-4-8-14/h6*2-12H,1H3. The third kappa shape index (κ3) is 15.4. The second kappa shape index (κ2) is 34.3. The summed E-state index contributed by atoms with van der Waals surface area (Å²) in [5.74, 6) is 0. The summed E-state index contributed by atoms with van der Waals surface area (Å²) >= 11 is 11.3. The number of thiophene rings is 6. The molecule has 120 heavy (non-hydrogen) atoms. The maximum atomic E-state index is 2.33. The van der Waals surface area contributed by atoms with Crippen LogP contribution >= 0.6 is 68.0 Å². The van der Waals surface area contributed by atoms with Crippen molar-refractivity contribution in [3.05, 3.63) is 434 Å². The van der Waals surface area contributed by atoms with Gasteiger partial charge >= 0.3 is 0 Å². The molecular formula is C114H84S6. The molecule has 0 amide bonds. The van der Waals surface area contributed by atoms with Crippen molar-refractivity contribution in [2.45, 2.75) is 41.5 Å². The van der Waals surface area contributed by atoms with Crippen molar-refractivity contribution in [3.8, 4) is 66.8 Å². The zero-order valence-electron chi connectivity index (χ0n) is 67.6. The van der Waals surface area contributed by atoms with Crippen LogP contribution in [0.1, 0.15) is 33.4 Å². The number of aryl methyl sites for hydroxylation is 6. The number of hydrogen-bond acceptors (Lipinski definition) is 6. The highest BCUT2D eigenvalue weighted by atomic mass is 32.1. The summed E-state index contributed by atoms with van der Waals surface area (Å²) in [7, 11) is 0. The highest BCUT2D eigenvalue weighted by Gasteiger charge is 2.17. The Hall–Kier alpha value is -12.7. The fourth-order valence-electron chi connectivity index (χ4n) is 17.0. The monoisotopic (exact) mass is 1640 g/mol. The van der Waals surface area contributed by atoms with Crippen LogP contribution in [0.2, 0.25) is 0 Å². The van der Waals surface area contributed by atoms with Gasteiger partial charge in [0.25, 0.3) is 0 Å². The minimum Gasteiger partial charge on any atom is -0.135 e. The molecule has 6 heteroatoms. The van der Waals surface area contributed by atoms with E-state index in [1.165, 1.54) is 221 Å². The van der Waals surface area contributed by atoms with Gasteiger partial charge in [0.2, 0.25) is 0 Å². The van der Waals surface area contributed by atoms with E-state index >= 15 is 0 Å². The second-order valence-corrected chi connectivity index (χ2v) is 37.1. The fraction of sp³-hybridized carbons (Fsp3) is 0.0526. The zero-order chi connectivity index (χ0) is 81.2. The lowest BCUT2D eigenvalue weighted by molar-refractivity contribution is 1.46. The van der Waals surface area contributed by atoms with E-state index < -0.39 is 0 Å². The van der Waals surface area contributed by atoms with Gasteiger partial charge in [-0.3, -0.25) is 0 Å². The van der Waals surface area contributed by atoms with Crippen molar-refractivity contribution in [2.24, 2.45) is 0 Å². The lowest BCUT2D eigenvalue weighted by Gasteiger charge is -2.07. The van der Waals surface area contributed by atoms with E-state index in [2.05, 4.69) is 442 Å². The van der Waals surface area contributed by atoms with Crippen molar-refractivity contribution in [2.75, 3.05) is 0 Å². The molecule has 0 aliphatic rings. The lowest BCUT2D eigenvalue weighted by atomic mass is 9.96. The van der Waals surface area contributed by atoms with Gasteiger partial charge in [-0.15, -0.1) is 68.0 Å². The van der Waals surface area contributed by atoms with Crippen LogP contribution in [-0.4, -0.2) is 0 Å². The molecule has 0 aliphatic carbocycles. The molecule has 0 spiro atoms. The van der Waals surface area contributed by atoms with Gasteiger partial charge in [-0.05, 0) is 208 Å². The summed E-state index contributed by atoms with van der Waals surface area (Å²) in [6, 6.07) is 144. The van der Waals surface area contributed by atoms with Gasteiger partial charge in [0.15, 0.2) is 0 Å². The van der Waals surface area contributed by atoms with Gasteiger partial charge in [-0.1, -0.05) is 334 Å². The fourth-order valence-corrected chi connectivity index (χ4v) is 24.1. The zero-order valence-corrected chi connectivity index (χ0v) is 72.5. The molecule has 0 saturated heterocycles. The first kappa shape index (κ1) is 77.2. The third-order valence-electron chi connectivity index (χ3n) is 23.0. The summed E-state index contributed by atoms with van der Waals surface area (Å²) in [6.07, 6.45) is 0. The van der Waals surface area contributed by atoms with Crippen molar-refractivity contribution in [3.63, 3.8) is 0 Å². The Morgan fingerprint density at radius 2 is 0.442 bits per heavy atom. The average molecular weight is 1650 g/mol. The Kier molecular flexibility index (Phi) is 22.1. The van der Waals surface area contributed by atoms with Crippen molar-refractivity contribution >= 4 is 189 Å². The molecular weight excluding hydrogens is 1560 g/mol. The van der Waals surface area contributed by atoms with Crippen LogP contribution in [-0.2, 0) is 0 Å². The van der Waals surface area contributed by atoms with Crippen LogP contribution in [0.15, 0.2) is 400 Å². The first-order valence-corrected chi connectivity index (χ1v) is 45.7. The molecule has 0 aliphatic heterocycles. The third-order valence-corrected chi connectivity index (χ3v) is 29.9. The SMILES string of the molecule is Cc1cccc2sc3c(-c4ccccc4)cccc3c12.Cc1cccc2sc3cc(-c4ccccc4)ccc3c12.Cc1ccccc1-c1ccc2c(c1)sc1ccccc12.Cc1ccccc1-c1ccc2sc3ccccc3c2c1.Cc1ccccc1-c1cccc2c1sc1ccccc12.Cc1ccccc1-c1cccc2sc3ccccc3c12. The van der Waals surface area contributed by atoms with Crippen LogP contribution in [0.5, 0.6) is 0 Å². The molecule has 0 bridgehead atoms. The molecule has 0 unspecified atom stereocenters. The number of hydrogen-bond donors (Lipinski definition) is 0. The molecule has 24 rings (SSSR count). The second-order valence-electron chi connectivity index (χ2n) is 30.7. The Morgan fingerprint density at radius 1 is 0.133 bits per heavy atom. The van der Waals surface area contributed by atoms with Crippen LogP contribution < -0.4 is 0 Å². The summed E-state index contributed by atoms with van der Waals surface area (Å²) in [5, 5.41) is 16.5. The predicted molar refractivity (Wildman–Crippen MR) is 537 cm³/mol. The van der Waals surface area contributed by atoms with Gasteiger partial charge < -0.3 is 0 Å². The summed E-state index contributed by atoms with van der Waals surface area (Å²) < 4.78 is 16.5. The van der Waals surface area contributed by atoms with Crippen molar-refractivity contribution in [1.29, 1.82) is 0 Å². The van der Waals surface area contributed by atoms with Crippen LogP contribution in [0.4, 0.5) is 0 Å². The minimum absolute atomic E-state index is 1.28. The van der Waals surface area contributed by atoms with Gasteiger partial charge in [-0.25, -0.2) is 0 Å². The summed E-state index contributed by atoms with van der Waals surface area (Å²) in [5.41, 5.74) is 23.9. The molecule has 0 radical (unpaired) electrons. The highest BCUT2D eigenvalue weighted by molar-refractivity contribution is 7.28. The number of benzene rings is 18. The van der Waals surface area contributed by atoms with Gasteiger partial charge in [0, 0.05) is 121 Å². The van der Waals surface area contributed by atoms with Crippen LogP contribution in [0, 0.1) is 41.5 Å². The first-order chi connectivity index (χ1) is 59.0. The van der Waals surface area contributed by atoms with E-state index in [4.69, 9.17) is 0 Å². The van der Waals surface area contributed by atoms with E-state index in [1.54, 1.807) is 0 Å². The van der Waals surface area contributed by atoms with Gasteiger partial charge in [0.1, 0.15) is 0 Å². The Morgan fingerprint density at radius 3 is 1.06 bits per heavy atom. The van der Waals surface area contributed by atoms with Crippen LogP contribution in [0.3, 0.4) is 0 Å². The largest absolute Gasteiger partial charge is 0.135 e.